The summed E-state index contributed by atoms with van der Waals surface area (Å²) in [6, 6.07) is 7.44. The standard InChI is InChI=1S/C17H23N3O4/c1-18-17(22)15-10-20(13-6-2-3-7-14(13)24-15)11-16(21)19-9-12-5-4-8-23-12/h2-3,6-7,12,15H,4-5,8-11H2,1H3,(H,18,22)(H,19,21)/t12-,15-/m0/s1. The van der Waals surface area contributed by atoms with Crippen LogP contribution in [0.4, 0.5) is 5.69 Å². The molecular weight excluding hydrogens is 310 g/mol. The third kappa shape index (κ3) is 3.79. The maximum absolute atomic E-state index is 12.3. The Labute approximate surface area is 141 Å². The van der Waals surface area contributed by atoms with E-state index in [1.165, 1.54) is 0 Å². The summed E-state index contributed by atoms with van der Waals surface area (Å²) >= 11 is 0. The topological polar surface area (TPSA) is 79.9 Å². The minimum absolute atomic E-state index is 0.0853. The lowest BCUT2D eigenvalue weighted by atomic mass is 10.1. The molecule has 1 aromatic rings. The van der Waals surface area contributed by atoms with Gasteiger partial charge in [0.25, 0.3) is 5.91 Å². The Morgan fingerprint density at radius 1 is 1.33 bits per heavy atom. The Morgan fingerprint density at radius 3 is 2.92 bits per heavy atom. The fraction of sp³-hybridized carbons (Fsp3) is 0.529. The van der Waals surface area contributed by atoms with E-state index < -0.39 is 6.10 Å². The number of ether oxygens (including phenoxy) is 2. The molecule has 2 aliphatic rings. The average molecular weight is 333 g/mol. The van der Waals surface area contributed by atoms with Gasteiger partial charge in [0.05, 0.1) is 24.9 Å². The van der Waals surface area contributed by atoms with Crippen LogP contribution >= 0.6 is 0 Å². The monoisotopic (exact) mass is 333 g/mol. The summed E-state index contributed by atoms with van der Waals surface area (Å²) in [5.74, 6) is 0.330. The zero-order chi connectivity index (χ0) is 16.9. The van der Waals surface area contributed by atoms with Gasteiger partial charge in [0, 0.05) is 20.2 Å². The number of carbonyl (C=O) groups is 2. The number of hydrogen-bond donors (Lipinski definition) is 2. The number of fused-ring (bicyclic) bond motifs is 1. The van der Waals surface area contributed by atoms with E-state index in [0.717, 1.165) is 25.1 Å². The molecule has 2 amide bonds. The number of amides is 2. The Hall–Kier alpha value is -2.28. The zero-order valence-electron chi connectivity index (χ0n) is 13.8. The molecule has 0 radical (unpaired) electrons. The highest BCUT2D eigenvalue weighted by molar-refractivity contribution is 5.86. The van der Waals surface area contributed by atoms with E-state index in [0.29, 0.717) is 18.8 Å². The Balaban J connectivity index is 1.64. The summed E-state index contributed by atoms with van der Waals surface area (Å²) in [7, 11) is 1.57. The lowest BCUT2D eigenvalue weighted by Gasteiger charge is -2.35. The van der Waals surface area contributed by atoms with Crippen molar-refractivity contribution in [3.05, 3.63) is 24.3 Å². The van der Waals surface area contributed by atoms with Crippen LogP contribution in [0.3, 0.4) is 0 Å². The van der Waals surface area contributed by atoms with Crippen molar-refractivity contribution in [1.82, 2.24) is 10.6 Å². The molecule has 24 heavy (non-hydrogen) atoms. The molecule has 7 nitrogen and oxygen atoms in total. The van der Waals surface area contributed by atoms with Crippen LogP contribution in [0.25, 0.3) is 0 Å². The largest absolute Gasteiger partial charge is 0.477 e. The van der Waals surface area contributed by atoms with E-state index in [9.17, 15) is 9.59 Å². The van der Waals surface area contributed by atoms with Crippen LogP contribution < -0.4 is 20.3 Å². The summed E-state index contributed by atoms with van der Waals surface area (Å²) in [4.78, 5) is 26.1. The Morgan fingerprint density at radius 2 is 2.17 bits per heavy atom. The molecule has 0 aromatic heterocycles. The zero-order valence-corrected chi connectivity index (χ0v) is 13.8. The van der Waals surface area contributed by atoms with Crippen molar-refractivity contribution < 1.29 is 19.1 Å². The van der Waals surface area contributed by atoms with Crippen LogP contribution in [0.5, 0.6) is 5.75 Å². The molecule has 0 aliphatic carbocycles. The maximum Gasteiger partial charge on any atom is 0.262 e. The molecule has 3 rings (SSSR count). The molecule has 2 N–H and O–H groups in total. The van der Waals surface area contributed by atoms with Crippen molar-refractivity contribution >= 4 is 17.5 Å². The van der Waals surface area contributed by atoms with E-state index in [1.807, 2.05) is 29.2 Å². The van der Waals surface area contributed by atoms with Gasteiger partial charge in [-0.1, -0.05) is 12.1 Å². The van der Waals surface area contributed by atoms with Gasteiger partial charge in [-0.15, -0.1) is 0 Å². The summed E-state index contributed by atoms with van der Waals surface area (Å²) < 4.78 is 11.2. The Bertz CT molecular complexity index is 601. The van der Waals surface area contributed by atoms with E-state index in [-0.39, 0.29) is 24.5 Å². The second kappa shape index (κ2) is 7.53. The fourth-order valence-electron chi connectivity index (χ4n) is 3.02. The molecule has 1 fully saturated rings. The molecule has 0 saturated carbocycles. The van der Waals surface area contributed by atoms with Crippen molar-refractivity contribution in [2.45, 2.75) is 25.0 Å². The molecule has 2 aliphatic heterocycles. The molecule has 0 unspecified atom stereocenters. The summed E-state index contributed by atoms with van der Waals surface area (Å²) in [5, 5.41) is 5.51. The predicted molar refractivity (Wildman–Crippen MR) is 89.1 cm³/mol. The van der Waals surface area contributed by atoms with E-state index in [2.05, 4.69) is 10.6 Å². The molecule has 130 valence electrons. The highest BCUT2D eigenvalue weighted by Crippen LogP contribution is 2.32. The van der Waals surface area contributed by atoms with Gasteiger partial charge in [-0.25, -0.2) is 0 Å². The molecule has 2 atom stereocenters. The molecule has 0 spiro atoms. The van der Waals surface area contributed by atoms with Crippen molar-refractivity contribution in [3.63, 3.8) is 0 Å². The van der Waals surface area contributed by atoms with Crippen LogP contribution in [-0.4, -0.2) is 57.3 Å². The predicted octanol–water partition coefficient (Wildman–Crippen LogP) is 0.295. The Kier molecular flexibility index (Phi) is 5.20. The molecule has 2 heterocycles. The number of hydrogen-bond acceptors (Lipinski definition) is 5. The van der Waals surface area contributed by atoms with Gasteiger partial charge in [0.15, 0.2) is 6.10 Å². The maximum atomic E-state index is 12.3. The quantitative estimate of drug-likeness (QED) is 0.810. The number of nitrogens with zero attached hydrogens (tertiary/aromatic N) is 1. The fourth-order valence-corrected chi connectivity index (χ4v) is 3.02. The minimum atomic E-state index is -0.629. The second-order valence-electron chi connectivity index (χ2n) is 6.01. The van der Waals surface area contributed by atoms with Crippen molar-refractivity contribution in [2.24, 2.45) is 0 Å². The summed E-state index contributed by atoms with van der Waals surface area (Å²) in [5.41, 5.74) is 0.824. The summed E-state index contributed by atoms with van der Waals surface area (Å²) in [6.07, 6.45) is 1.52. The van der Waals surface area contributed by atoms with Crippen molar-refractivity contribution in [1.29, 1.82) is 0 Å². The molecule has 1 aromatic carbocycles. The van der Waals surface area contributed by atoms with Crippen LogP contribution in [0.15, 0.2) is 24.3 Å². The van der Waals surface area contributed by atoms with Crippen molar-refractivity contribution in [3.8, 4) is 5.75 Å². The van der Waals surface area contributed by atoms with E-state index >= 15 is 0 Å². The smallest absolute Gasteiger partial charge is 0.262 e. The van der Waals surface area contributed by atoms with Crippen LogP contribution in [0, 0.1) is 0 Å². The van der Waals surface area contributed by atoms with Gasteiger partial charge in [0.2, 0.25) is 5.91 Å². The van der Waals surface area contributed by atoms with Crippen LogP contribution in [0.1, 0.15) is 12.8 Å². The number of benzene rings is 1. The first-order chi connectivity index (χ1) is 11.7. The summed E-state index contributed by atoms with van der Waals surface area (Å²) in [6.45, 7) is 1.82. The molecule has 1 saturated heterocycles. The number of anilines is 1. The first-order valence-corrected chi connectivity index (χ1v) is 8.28. The SMILES string of the molecule is CNC(=O)[C@@H]1CN(CC(=O)NC[C@@H]2CCCO2)c2ccccc2O1. The van der Waals surface area contributed by atoms with Gasteiger partial charge < -0.3 is 25.0 Å². The van der Waals surface area contributed by atoms with Gasteiger partial charge in [0.1, 0.15) is 5.75 Å². The second-order valence-corrected chi connectivity index (χ2v) is 6.01. The third-order valence-electron chi connectivity index (χ3n) is 4.29. The highest BCUT2D eigenvalue weighted by Gasteiger charge is 2.31. The van der Waals surface area contributed by atoms with Gasteiger partial charge in [-0.2, -0.15) is 0 Å². The molecule has 0 bridgehead atoms. The normalized spacial score (nSPS) is 22.5. The minimum Gasteiger partial charge on any atom is -0.477 e. The number of likely N-dealkylation sites (N-methyl/N-ethyl adjacent to an activating group) is 1. The first-order valence-electron chi connectivity index (χ1n) is 8.28. The lowest BCUT2D eigenvalue weighted by Crippen LogP contribution is -2.51. The number of para-hydroxylation sites is 2. The van der Waals surface area contributed by atoms with Crippen LogP contribution in [-0.2, 0) is 14.3 Å². The molecular formula is C17H23N3O4. The molecule has 7 heteroatoms. The van der Waals surface area contributed by atoms with Gasteiger partial charge in [-0.05, 0) is 25.0 Å². The number of carbonyl (C=O) groups excluding carboxylic acids is 2. The number of nitrogens with one attached hydrogen (secondary N) is 2. The third-order valence-corrected chi connectivity index (χ3v) is 4.29. The van der Waals surface area contributed by atoms with Gasteiger partial charge >= 0.3 is 0 Å². The van der Waals surface area contributed by atoms with Crippen molar-refractivity contribution in [2.75, 3.05) is 38.2 Å². The lowest BCUT2D eigenvalue weighted by molar-refractivity contribution is -0.127. The highest BCUT2D eigenvalue weighted by atomic mass is 16.5. The average Bonchev–Trinajstić information content (AvgIpc) is 3.12. The van der Waals surface area contributed by atoms with Gasteiger partial charge in [-0.3, -0.25) is 9.59 Å². The first kappa shape index (κ1) is 16.6. The van der Waals surface area contributed by atoms with E-state index in [1.54, 1.807) is 7.05 Å². The van der Waals surface area contributed by atoms with Crippen LogP contribution in [0.2, 0.25) is 0 Å². The number of rotatable bonds is 5. The van der Waals surface area contributed by atoms with E-state index in [4.69, 9.17) is 9.47 Å².